The molecule has 0 aromatic heterocycles. The highest BCUT2D eigenvalue weighted by atomic mass is 16.5. The zero-order valence-corrected chi connectivity index (χ0v) is 19.1. The van der Waals surface area contributed by atoms with Gasteiger partial charge in [-0.2, -0.15) is 0 Å². The highest BCUT2D eigenvalue weighted by Gasteiger charge is 2.36. The minimum atomic E-state index is -0.449. The van der Waals surface area contributed by atoms with E-state index in [2.05, 4.69) is 24.3 Å². The Balaban J connectivity index is 1.06. The normalized spacial score (nSPS) is 22.9. The van der Waals surface area contributed by atoms with Crippen molar-refractivity contribution in [2.24, 2.45) is 5.92 Å². The number of aliphatic hydroxyl groups excluding tert-OH is 1. The fraction of sp³-hybridized carbons (Fsp3) is 0.500. The minimum absolute atomic E-state index is 0.0127. The molecule has 2 fully saturated rings. The Labute approximate surface area is 195 Å². The molecule has 2 aromatic rings. The van der Waals surface area contributed by atoms with E-state index in [1.807, 2.05) is 4.90 Å². The van der Waals surface area contributed by atoms with Gasteiger partial charge >= 0.3 is 0 Å². The van der Waals surface area contributed by atoms with E-state index in [-0.39, 0.29) is 23.9 Å². The van der Waals surface area contributed by atoms with Crippen molar-refractivity contribution >= 4 is 11.7 Å². The van der Waals surface area contributed by atoms with Gasteiger partial charge in [0.05, 0.1) is 18.3 Å². The summed E-state index contributed by atoms with van der Waals surface area (Å²) in [6.07, 6.45) is 6.68. The van der Waals surface area contributed by atoms with Crippen LogP contribution in [-0.4, -0.2) is 53.1 Å². The maximum Gasteiger partial charge on any atom is 0.254 e. The number of morpholine rings is 1. The second-order valence-electron chi connectivity index (χ2n) is 9.98. The first-order valence-corrected chi connectivity index (χ1v) is 12.4. The number of nitrogens with zero attached hydrogens (tertiary/aromatic N) is 1. The summed E-state index contributed by atoms with van der Waals surface area (Å²) in [5, 5.41) is 10.4. The number of carbonyl (C=O) groups excluding carboxylic acids is 2. The molecule has 3 unspecified atom stereocenters. The van der Waals surface area contributed by atoms with Gasteiger partial charge in [-0.1, -0.05) is 36.4 Å². The molecule has 3 atom stereocenters. The molecule has 5 nitrogen and oxygen atoms in total. The first-order chi connectivity index (χ1) is 16.0. The lowest BCUT2D eigenvalue weighted by atomic mass is 9.95. The predicted octanol–water partition coefficient (Wildman–Crippen LogP) is 4.21. The van der Waals surface area contributed by atoms with E-state index >= 15 is 0 Å². The number of hydrogen-bond donors (Lipinski definition) is 1. The molecular weight excluding hydrogens is 414 g/mol. The summed E-state index contributed by atoms with van der Waals surface area (Å²) in [7, 11) is 0. The van der Waals surface area contributed by atoms with E-state index in [9.17, 15) is 14.7 Å². The highest BCUT2D eigenvalue weighted by molar-refractivity contribution is 5.98. The molecule has 3 aliphatic rings. The van der Waals surface area contributed by atoms with Crippen LogP contribution in [-0.2, 0) is 17.6 Å². The second kappa shape index (κ2) is 9.78. The summed E-state index contributed by atoms with van der Waals surface area (Å²) in [4.78, 5) is 27.3. The number of ketones is 1. The van der Waals surface area contributed by atoms with Gasteiger partial charge < -0.3 is 14.7 Å². The third-order valence-corrected chi connectivity index (χ3v) is 7.53. The van der Waals surface area contributed by atoms with Gasteiger partial charge in [-0.05, 0) is 74.1 Å². The number of amides is 1. The number of fused-ring (bicyclic) bond motifs is 3. The fourth-order valence-corrected chi connectivity index (χ4v) is 5.63. The number of ether oxygens (including phenoxy) is 1. The molecule has 2 aromatic carbocycles. The van der Waals surface area contributed by atoms with Crippen molar-refractivity contribution in [3.05, 3.63) is 70.8 Å². The molecule has 2 saturated heterocycles. The van der Waals surface area contributed by atoms with Gasteiger partial charge in [-0.15, -0.1) is 0 Å². The molecule has 0 spiro atoms. The largest absolute Gasteiger partial charge is 0.393 e. The number of Topliss-reactive ketones (excluding diaryl/α,β-unsaturated/α-hetero) is 1. The summed E-state index contributed by atoms with van der Waals surface area (Å²) < 4.78 is 5.81. The Morgan fingerprint density at radius 2 is 1.52 bits per heavy atom. The van der Waals surface area contributed by atoms with Crippen LogP contribution < -0.4 is 0 Å². The van der Waals surface area contributed by atoms with Gasteiger partial charge in [0.15, 0.2) is 5.78 Å². The van der Waals surface area contributed by atoms with Crippen molar-refractivity contribution in [1.29, 1.82) is 0 Å². The number of carbonyl (C=O) groups is 2. The quantitative estimate of drug-likeness (QED) is 0.616. The summed E-state index contributed by atoms with van der Waals surface area (Å²) in [5.74, 6) is 0.629. The van der Waals surface area contributed by atoms with Crippen LogP contribution in [0.2, 0.25) is 0 Å². The Hall–Kier alpha value is -2.50. The summed E-state index contributed by atoms with van der Waals surface area (Å²) >= 11 is 0. The Bertz CT molecular complexity index is 964. The predicted molar refractivity (Wildman–Crippen MR) is 126 cm³/mol. The highest BCUT2D eigenvalue weighted by Crippen LogP contribution is 2.30. The number of rotatable bonds is 8. The van der Waals surface area contributed by atoms with Crippen LogP contribution in [0.4, 0.5) is 0 Å². The number of aliphatic hydroxyl groups is 1. The SMILES string of the molecule is O=C(CCC(O)CCC1Cc2ccccc2C1)c1ccc(C(=O)N2CC3CCC(C2)O3)cc1. The van der Waals surface area contributed by atoms with E-state index in [1.165, 1.54) is 11.1 Å². The molecule has 1 N–H and O–H groups in total. The van der Waals surface area contributed by atoms with Crippen LogP contribution in [0, 0.1) is 5.92 Å². The lowest BCUT2D eigenvalue weighted by Crippen LogP contribution is -2.45. The zero-order chi connectivity index (χ0) is 22.8. The summed E-state index contributed by atoms with van der Waals surface area (Å²) in [5.41, 5.74) is 4.10. The third-order valence-electron chi connectivity index (χ3n) is 7.53. The lowest BCUT2D eigenvalue weighted by molar-refractivity contribution is -0.0303. The number of benzene rings is 2. The van der Waals surface area contributed by atoms with Gasteiger partial charge in [0.2, 0.25) is 0 Å². The Morgan fingerprint density at radius 1 is 0.909 bits per heavy atom. The molecule has 5 rings (SSSR count). The summed E-state index contributed by atoms with van der Waals surface area (Å²) in [6.45, 7) is 1.31. The zero-order valence-electron chi connectivity index (χ0n) is 19.1. The molecule has 0 saturated carbocycles. The molecule has 0 radical (unpaired) electrons. The van der Waals surface area contributed by atoms with Crippen LogP contribution in [0.1, 0.15) is 70.4 Å². The first-order valence-electron chi connectivity index (χ1n) is 12.4. The minimum Gasteiger partial charge on any atom is -0.393 e. The van der Waals surface area contributed by atoms with Crippen LogP contribution >= 0.6 is 0 Å². The molecular formula is C28H33NO4. The maximum absolute atomic E-state index is 12.8. The van der Waals surface area contributed by atoms with Gasteiger partial charge in [0.25, 0.3) is 5.91 Å². The second-order valence-corrected chi connectivity index (χ2v) is 9.98. The van der Waals surface area contributed by atoms with Crippen molar-refractivity contribution in [3.8, 4) is 0 Å². The topological polar surface area (TPSA) is 66.8 Å². The van der Waals surface area contributed by atoms with Gasteiger partial charge in [-0.25, -0.2) is 0 Å². The number of likely N-dealkylation sites (tertiary alicyclic amines) is 1. The van der Waals surface area contributed by atoms with Crippen molar-refractivity contribution in [3.63, 3.8) is 0 Å². The molecule has 33 heavy (non-hydrogen) atoms. The van der Waals surface area contributed by atoms with Crippen LogP contribution in [0.3, 0.4) is 0 Å². The monoisotopic (exact) mass is 447 g/mol. The summed E-state index contributed by atoms with van der Waals surface area (Å²) in [6, 6.07) is 15.6. The van der Waals surface area contributed by atoms with E-state index in [0.29, 0.717) is 43.0 Å². The number of hydrogen-bond acceptors (Lipinski definition) is 4. The van der Waals surface area contributed by atoms with E-state index in [0.717, 1.165) is 38.5 Å². The van der Waals surface area contributed by atoms with Gasteiger partial charge in [0.1, 0.15) is 0 Å². The smallest absolute Gasteiger partial charge is 0.254 e. The van der Waals surface area contributed by atoms with Crippen molar-refractivity contribution in [2.75, 3.05) is 13.1 Å². The van der Waals surface area contributed by atoms with E-state index < -0.39 is 6.10 Å². The molecule has 2 bridgehead atoms. The van der Waals surface area contributed by atoms with Crippen LogP contribution in [0.5, 0.6) is 0 Å². The lowest BCUT2D eigenvalue weighted by Gasteiger charge is -2.32. The fourth-order valence-electron chi connectivity index (χ4n) is 5.63. The van der Waals surface area contributed by atoms with Crippen molar-refractivity contribution in [1.82, 2.24) is 4.90 Å². The van der Waals surface area contributed by atoms with Crippen LogP contribution in [0.15, 0.2) is 48.5 Å². The molecule has 174 valence electrons. The third kappa shape index (κ3) is 5.20. The van der Waals surface area contributed by atoms with Gasteiger partial charge in [-0.3, -0.25) is 9.59 Å². The Kier molecular flexibility index (Phi) is 6.61. The molecule has 2 heterocycles. The average Bonchev–Trinajstić information content (AvgIpc) is 3.42. The van der Waals surface area contributed by atoms with Crippen molar-refractivity contribution in [2.45, 2.75) is 69.7 Å². The van der Waals surface area contributed by atoms with Crippen LogP contribution in [0.25, 0.3) is 0 Å². The maximum atomic E-state index is 12.8. The van der Waals surface area contributed by atoms with E-state index in [4.69, 9.17) is 4.74 Å². The first kappa shape index (κ1) is 22.3. The van der Waals surface area contributed by atoms with Crippen molar-refractivity contribution < 1.29 is 19.4 Å². The molecule has 1 aliphatic carbocycles. The Morgan fingerprint density at radius 3 is 2.15 bits per heavy atom. The van der Waals surface area contributed by atoms with E-state index in [1.54, 1.807) is 24.3 Å². The molecule has 1 amide bonds. The standard InChI is InChI=1S/C28H33NO4/c30-24(10-5-19-15-22-3-1-2-4-23(22)16-19)11-14-27(31)20-6-8-21(9-7-20)28(32)29-17-25-12-13-26(18-29)33-25/h1-4,6-9,19,24-26,30H,5,10-18H2. The average molecular weight is 448 g/mol. The molecule has 2 aliphatic heterocycles. The molecule has 5 heteroatoms. The van der Waals surface area contributed by atoms with Gasteiger partial charge in [0, 0.05) is 30.6 Å².